The van der Waals surface area contributed by atoms with Crippen molar-refractivity contribution < 1.29 is 14.7 Å². The van der Waals surface area contributed by atoms with Crippen molar-refractivity contribution in [3.05, 3.63) is 71.5 Å². The normalized spacial score (nSPS) is 17.3. The Balaban J connectivity index is 2.02. The van der Waals surface area contributed by atoms with Crippen molar-refractivity contribution in [1.82, 2.24) is 14.9 Å². The minimum Gasteiger partial charge on any atom is -0.503 e. The van der Waals surface area contributed by atoms with Gasteiger partial charge in [-0.25, -0.2) is 0 Å². The standard InChI is InChI=1S/C20H21N3O3/c1-13(2)10-16(24)17-18(14-6-5-8-21-11-14)23(20(26)19(17)25)12-15-7-3-4-9-22-15/h3-9,11,13,18,25H,10,12H2,1-2H3. The highest BCUT2D eigenvalue weighted by atomic mass is 16.3. The number of carbonyl (C=O) groups excluding carboxylic acids is 2. The first kappa shape index (κ1) is 17.8. The molecule has 1 amide bonds. The van der Waals surface area contributed by atoms with Crippen LogP contribution in [0.5, 0.6) is 0 Å². The number of pyridine rings is 2. The van der Waals surface area contributed by atoms with E-state index in [-0.39, 0.29) is 30.2 Å². The molecular weight excluding hydrogens is 330 g/mol. The van der Waals surface area contributed by atoms with Gasteiger partial charge in [0.2, 0.25) is 0 Å². The van der Waals surface area contributed by atoms with Crippen LogP contribution >= 0.6 is 0 Å². The molecule has 1 N–H and O–H groups in total. The summed E-state index contributed by atoms with van der Waals surface area (Å²) in [5.41, 5.74) is 1.51. The quantitative estimate of drug-likeness (QED) is 0.865. The van der Waals surface area contributed by atoms with E-state index in [1.165, 1.54) is 4.90 Å². The molecule has 3 heterocycles. The fraction of sp³-hybridized carbons (Fsp3) is 0.300. The highest BCUT2D eigenvalue weighted by Gasteiger charge is 2.43. The molecule has 0 radical (unpaired) electrons. The molecule has 3 rings (SSSR count). The minimum absolute atomic E-state index is 0.122. The molecule has 0 saturated carbocycles. The summed E-state index contributed by atoms with van der Waals surface area (Å²) < 4.78 is 0. The van der Waals surface area contributed by atoms with Gasteiger partial charge >= 0.3 is 0 Å². The average Bonchev–Trinajstić information content (AvgIpc) is 2.88. The molecule has 0 bridgehead atoms. The second-order valence-electron chi connectivity index (χ2n) is 6.73. The van der Waals surface area contributed by atoms with Crippen molar-refractivity contribution in [2.24, 2.45) is 5.92 Å². The van der Waals surface area contributed by atoms with Gasteiger partial charge in [0.05, 0.1) is 23.9 Å². The van der Waals surface area contributed by atoms with Crippen molar-refractivity contribution in [3.8, 4) is 0 Å². The van der Waals surface area contributed by atoms with Crippen molar-refractivity contribution in [1.29, 1.82) is 0 Å². The van der Waals surface area contributed by atoms with E-state index in [4.69, 9.17) is 0 Å². The Morgan fingerprint density at radius 1 is 1.23 bits per heavy atom. The van der Waals surface area contributed by atoms with E-state index < -0.39 is 17.7 Å². The molecule has 2 aromatic rings. The van der Waals surface area contributed by atoms with E-state index in [1.54, 1.807) is 42.9 Å². The molecule has 26 heavy (non-hydrogen) atoms. The van der Waals surface area contributed by atoms with Crippen LogP contribution in [0.2, 0.25) is 0 Å². The molecule has 1 aliphatic heterocycles. The van der Waals surface area contributed by atoms with Crippen LogP contribution in [0.15, 0.2) is 60.3 Å². The molecule has 1 aliphatic rings. The zero-order valence-corrected chi connectivity index (χ0v) is 14.8. The Morgan fingerprint density at radius 3 is 2.65 bits per heavy atom. The molecular formula is C20H21N3O3. The first-order valence-corrected chi connectivity index (χ1v) is 8.56. The van der Waals surface area contributed by atoms with Gasteiger partial charge in [0.1, 0.15) is 0 Å². The van der Waals surface area contributed by atoms with Crippen molar-refractivity contribution in [3.63, 3.8) is 0 Å². The zero-order valence-electron chi connectivity index (χ0n) is 14.8. The van der Waals surface area contributed by atoms with E-state index >= 15 is 0 Å². The van der Waals surface area contributed by atoms with E-state index in [2.05, 4.69) is 9.97 Å². The SMILES string of the molecule is CC(C)CC(=O)C1=C(O)C(=O)N(Cc2ccccn2)C1c1cccnc1. The van der Waals surface area contributed by atoms with E-state index in [1.807, 2.05) is 19.9 Å². The monoisotopic (exact) mass is 351 g/mol. The van der Waals surface area contributed by atoms with Crippen molar-refractivity contribution in [2.45, 2.75) is 32.9 Å². The zero-order chi connectivity index (χ0) is 18.7. The van der Waals surface area contributed by atoms with Gasteiger partial charge in [0.25, 0.3) is 5.91 Å². The lowest BCUT2D eigenvalue weighted by molar-refractivity contribution is -0.130. The van der Waals surface area contributed by atoms with E-state index in [0.717, 1.165) is 0 Å². The number of aromatic nitrogens is 2. The Labute approximate surface area is 152 Å². The number of carbonyl (C=O) groups is 2. The maximum absolute atomic E-state index is 12.8. The van der Waals surface area contributed by atoms with E-state index in [0.29, 0.717) is 11.3 Å². The number of rotatable bonds is 6. The molecule has 2 aromatic heterocycles. The van der Waals surface area contributed by atoms with Crippen molar-refractivity contribution >= 4 is 11.7 Å². The summed E-state index contributed by atoms with van der Waals surface area (Å²) in [6, 6.07) is 8.32. The summed E-state index contributed by atoms with van der Waals surface area (Å²) in [6.45, 7) is 4.05. The molecule has 1 atom stereocenters. The van der Waals surface area contributed by atoms with Gasteiger partial charge in [-0.2, -0.15) is 0 Å². The molecule has 0 spiro atoms. The molecule has 0 fully saturated rings. The smallest absolute Gasteiger partial charge is 0.290 e. The summed E-state index contributed by atoms with van der Waals surface area (Å²) in [5.74, 6) is -1.13. The summed E-state index contributed by atoms with van der Waals surface area (Å²) in [7, 11) is 0. The largest absolute Gasteiger partial charge is 0.503 e. The average molecular weight is 351 g/mol. The lowest BCUT2D eigenvalue weighted by atomic mass is 9.93. The third kappa shape index (κ3) is 3.49. The van der Waals surface area contributed by atoms with Gasteiger partial charge < -0.3 is 10.0 Å². The first-order valence-electron chi connectivity index (χ1n) is 8.56. The van der Waals surface area contributed by atoms with Gasteiger partial charge in [-0.1, -0.05) is 26.0 Å². The second kappa shape index (κ2) is 7.47. The van der Waals surface area contributed by atoms with Gasteiger partial charge in [-0.05, 0) is 29.7 Å². The second-order valence-corrected chi connectivity index (χ2v) is 6.73. The number of ketones is 1. The fourth-order valence-electron chi connectivity index (χ4n) is 3.13. The summed E-state index contributed by atoms with van der Waals surface area (Å²) in [4.78, 5) is 35.3. The van der Waals surface area contributed by atoms with Crippen LogP contribution < -0.4 is 0 Å². The Morgan fingerprint density at radius 2 is 2.04 bits per heavy atom. The number of hydrogen-bond acceptors (Lipinski definition) is 5. The van der Waals surface area contributed by atoms with Crippen LogP contribution in [-0.2, 0) is 16.1 Å². The summed E-state index contributed by atoms with van der Waals surface area (Å²) in [6.07, 6.45) is 5.15. The molecule has 134 valence electrons. The Bertz CT molecular complexity index is 832. The number of Topliss-reactive ketones (excluding diaryl/α,β-unsaturated/α-hetero) is 1. The number of aliphatic hydroxyl groups excluding tert-OH is 1. The molecule has 6 nitrogen and oxygen atoms in total. The number of amides is 1. The molecule has 0 aliphatic carbocycles. The molecule has 0 saturated heterocycles. The third-order valence-electron chi connectivity index (χ3n) is 4.26. The lowest BCUT2D eigenvalue weighted by Gasteiger charge is -2.26. The third-order valence-corrected chi connectivity index (χ3v) is 4.26. The lowest BCUT2D eigenvalue weighted by Crippen LogP contribution is -2.31. The van der Waals surface area contributed by atoms with Gasteiger partial charge in [0, 0.05) is 25.0 Å². The molecule has 1 unspecified atom stereocenters. The van der Waals surface area contributed by atoms with Gasteiger partial charge in [-0.3, -0.25) is 19.6 Å². The number of aliphatic hydroxyl groups is 1. The predicted octanol–water partition coefficient (Wildman–Crippen LogP) is 2.99. The number of hydrogen-bond donors (Lipinski definition) is 1. The number of nitrogens with zero attached hydrogens (tertiary/aromatic N) is 3. The summed E-state index contributed by atoms with van der Waals surface area (Å²) in [5, 5.41) is 10.4. The summed E-state index contributed by atoms with van der Waals surface area (Å²) >= 11 is 0. The maximum atomic E-state index is 12.8. The van der Waals surface area contributed by atoms with Crippen LogP contribution in [0.25, 0.3) is 0 Å². The molecule has 0 aromatic carbocycles. The predicted molar refractivity (Wildman–Crippen MR) is 95.9 cm³/mol. The topological polar surface area (TPSA) is 83.4 Å². The first-order chi connectivity index (χ1) is 12.5. The van der Waals surface area contributed by atoms with Crippen LogP contribution in [0.3, 0.4) is 0 Å². The van der Waals surface area contributed by atoms with Crippen LogP contribution in [0.4, 0.5) is 0 Å². The fourth-order valence-corrected chi connectivity index (χ4v) is 3.13. The van der Waals surface area contributed by atoms with Gasteiger partial charge in [0.15, 0.2) is 11.5 Å². The molecule has 6 heteroatoms. The Kier molecular flexibility index (Phi) is 5.11. The van der Waals surface area contributed by atoms with E-state index in [9.17, 15) is 14.7 Å². The highest BCUT2D eigenvalue weighted by molar-refractivity contribution is 6.08. The van der Waals surface area contributed by atoms with Crippen LogP contribution in [-0.4, -0.2) is 31.7 Å². The van der Waals surface area contributed by atoms with Crippen LogP contribution in [0.1, 0.15) is 37.6 Å². The van der Waals surface area contributed by atoms with Crippen molar-refractivity contribution in [2.75, 3.05) is 0 Å². The Hall–Kier alpha value is -3.02. The minimum atomic E-state index is -0.663. The highest BCUT2D eigenvalue weighted by Crippen LogP contribution is 2.39. The maximum Gasteiger partial charge on any atom is 0.290 e. The van der Waals surface area contributed by atoms with Crippen LogP contribution in [0, 0.1) is 5.92 Å². The van der Waals surface area contributed by atoms with Gasteiger partial charge in [-0.15, -0.1) is 0 Å².